The molecule has 4 heteroatoms. The molecule has 0 heterocycles. The minimum atomic E-state index is -0.00273. The van der Waals surface area contributed by atoms with Gasteiger partial charge in [-0.2, -0.15) is 0 Å². The van der Waals surface area contributed by atoms with E-state index in [1.165, 1.54) is 6.92 Å². The quantitative estimate of drug-likeness (QED) is 0.791. The number of halogens is 1. The van der Waals surface area contributed by atoms with E-state index < -0.39 is 0 Å². The summed E-state index contributed by atoms with van der Waals surface area (Å²) in [7, 11) is 1.55. The lowest BCUT2D eigenvalue weighted by atomic mass is 10.1. The van der Waals surface area contributed by atoms with E-state index in [0.717, 1.165) is 4.47 Å². The normalized spacial score (nSPS) is 9.87. The van der Waals surface area contributed by atoms with Crippen LogP contribution in [0.3, 0.4) is 0 Å². The SMILES string of the molecule is CCOc1c(Br)cc(C(C)=O)cc1OC. The van der Waals surface area contributed by atoms with Crippen LogP contribution < -0.4 is 9.47 Å². The van der Waals surface area contributed by atoms with Crippen LogP contribution in [0.15, 0.2) is 16.6 Å². The van der Waals surface area contributed by atoms with E-state index in [2.05, 4.69) is 15.9 Å². The van der Waals surface area contributed by atoms with Crippen LogP contribution >= 0.6 is 15.9 Å². The third kappa shape index (κ3) is 2.72. The van der Waals surface area contributed by atoms with Crippen molar-refractivity contribution < 1.29 is 14.3 Å². The molecule has 1 aromatic rings. The van der Waals surface area contributed by atoms with E-state index in [9.17, 15) is 4.79 Å². The molecular weight excluding hydrogens is 260 g/mol. The van der Waals surface area contributed by atoms with Crippen LogP contribution in [0, 0.1) is 0 Å². The van der Waals surface area contributed by atoms with Crippen LogP contribution in [-0.4, -0.2) is 19.5 Å². The molecule has 0 saturated heterocycles. The van der Waals surface area contributed by atoms with E-state index in [4.69, 9.17) is 9.47 Å². The highest BCUT2D eigenvalue weighted by atomic mass is 79.9. The van der Waals surface area contributed by atoms with E-state index >= 15 is 0 Å². The molecule has 0 saturated carbocycles. The number of ketones is 1. The van der Waals surface area contributed by atoms with Crippen LogP contribution in [0.5, 0.6) is 11.5 Å². The lowest BCUT2D eigenvalue weighted by molar-refractivity contribution is 0.101. The number of hydrogen-bond acceptors (Lipinski definition) is 3. The Morgan fingerprint density at radius 1 is 1.47 bits per heavy atom. The summed E-state index contributed by atoms with van der Waals surface area (Å²) in [6.45, 7) is 3.96. The average Bonchev–Trinajstić information content (AvgIpc) is 2.20. The first-order valence-electron chi connectivity index (χ1n) is 4.61. The molecule has 0 N–H and O–H groups in total. The first kappa shape index (κ1) is 12.0. The first-order valence-corrected chi connectivity index (χ1v) is 5.40. The van der Waals surface area contributed by atoms with Crippen LogP contribution in [0.1, 0.15) is 24.2 Å². The zero-order valence-electron chi connectivity index (χ0n) is 8.96. The molecule has 0 bridgehead atoms. The minimum Gasteiger partial charge on any atom is -0.493 e. The van der Waals surface area contributed by atoms with E-state index in [1.807, 2.05) is 6.92 Å². The maximum atomic E-state index is 11.2. The second kappa shape index (κ2) is 5.16. The van der Waals surface area contributed by atoms with Gasteiger partial charge < -0.3 is 9.47 Å². The number of methoxy groups -OCH3 is 1. The average molecular weight is 273 g/mol. The Morgan fingerprint density at radius 3 is 2.60 bits per heavy atom. The Kier molecular flexibility index (Phi) is 4.15. The van der Waals surface area contributed by atoms with Crippen LogP contribution in [-0.2, 0) is 0 Å². The Labute approximate surface area is 97.5 Å². The molecule has 0 fully saturated rings. The van der Waals surface area contributed by atoms with Gasteiger partial charge in [-0.15, -0.1) is 0 Å². The van der Waals surface area contributed by atoms with Crippen molar-refractivity contribution in [1.29, 1.82) is 0 Å². The van der Waals surface area contributed by atoms with Crippen LogP contribution in [0.2, 0.25) is 0 Å². The summed E-state index contributed by atoms with van der Waals surface area (Å²) in [5.41, 5.74) is 0.599. The summed E-state index contributed by atoms with van der Waals surface area (Å²) >= 11 is 3.35. The molecule has 0 aliphatic carbocycles. The summed E-state index contributed by atoms with van der Waals surface area (Å²) in [5.74, 6) is 1.19. The number of carbonyl (C=O) groups excluding carboxylic acids is 1. The van der Waals surface area contributed by atoms with Crippen molar-refractivity contribution in [3.05, 3.63) is 22.2 Å². The molecule has 82 valence electrons. The third-order valence-corrected chi connectivity index (χ3v) is 2.51. The lowest BCUT2D eigenvalue weighted by Crippen LogP contribution is -1.99. The van der Waals surface area contributed by atoms with E-state index in [0.29, 0.717) is 23.7 Å². The molecule has 0 atom stereocenters. The van der Waals surface area contributed by atoms with Crippen molar-refractivity contribution in [3.63, 3.8) is 0 Å². The summed E-state index contributed by atoms with van der Waals surface area (Å²) in [4.78, 5) is 11.2. The molecule has 0 aliphatic rings. The van der Waals surface area contributed by atoms with Gasteiger partial charge in [0, 0.05) is 5.56 Å². The fourth-order valence-corrected chi connectivity index (χ4v) is 1.76. The molecule has 1 aromatic carbocycles. The van der Waals surface area contributed by atoms with Gasteiger partial charge in [0.2, 0.25) is 0 Å². The topological polar surface area (TPSA) is 35.5 Å². The predicted molar refractivity (Wildman–Crippen MR) is 61.9 cm³/mol. The molecule has 0 radical (unpaired) electrons. The molecule has 0 unspecified atom stereocenters. The van der Waals surface area contributed by atoms with Crippen molar-refractivity contribution in [2.45, 2.75) is 13.8 Å². The van der Waals surface area contributed by atoms with Gasteiger partial charge >= 0.3 is 0 Å². The molecule has 1 rings (SSSR count). The van der Waals surface area contributed by atoms with Crippen molar-refractivity contribution in [3.8, 4) is 11.5 Å². The minimum absolute atomic E-state index is 0.00273. The fraction of sp³-hybridized carbons (Fsp3) is 0.364. The lowest BCUT2D eigenvalue weighted by Gasteiger charge is -2.12. The second-order valence-corrected chi connectivity index (χ2v) is 3.83. The number of rotatable bonds is 4. The Bertz CT molecular complexity index is 374. The van der Waals surface area contributed by atoms with Gasteiger partial charge in [-0.3, -0.25) is 4.79 Å². The van der Waals surface area contributed by atoms with E-state index in [1.54, 1.807) is 19.2 Å². The number of benzene rings is 1. The number of carbonyl (C=O) groups is 1. The molecular formula is C11H13BrO3. The van der Waals surface area contributed by atoms with Gasteiger partial charge in [-0.1, -0.05) is 0 Å². The Hall–Kier alpha value is -1.03. The highest BCUT2D eigenvalue weighted by Crippen LogP contribution is 2.36. The Balaban J connectivity index is 3.24. The van der Waals surface area contributed by atoms with Crippen LogP contribution in [0.4, 0.5) is 0 Å². The van der Waals surface area contributed by atoms with Gasteiger partial charge in [-0.25, -0.2) is 0 Å². The highest BCUT2D eigenvalue weighted by Gasteiger charge is 2.12. The number of hydrogen-bond donors (Lipinski definition) is 0. The number of Topliss-reactive ketones (excluding diaryl/α,β-unsaturated/α-hetero) is 1. The molecule has 3 nitrogen and oxygen atoms in total. The number of ether oxygens (including phenoxy) is 2. The van der Waals surface area contributed by atoms with Crippen molar-refractivity contribution in [1.82, 2.24) is 0 Å². The zero-order valence-corrected chi connectivity index (χ0v) is 10.6. The van der Waals surface area contributed by atoms with Gasteiger partial charge in [0.1, 0.15) is 0 Å². The van der Waals surface area contributed by atoms with Gasteiger partial charge in [0.15, 0.2) is 17.3 Å². The fourth-order valence-electron chi connectivity index (χ4n) is 1.21. The zero-order chi connectivity index (χ0) is 11.4. The smallest absolute Gasteiger partial charge is 0.175 e. The van der Waals surface area contributed by atoms with Gasteiger partial charge in [0.05, 0.1) is 18.2 Å². The summed E-state index contributed by atoms with van der Waals surface area (Å²) in [5, 5.41) is 0. The van der Waals surface area contributed by atoms with Gasteiger partial charge in [-0.05, 0) is 41.9 Å². The summed E-state index contributed by atoms with van der Waals surface area (Å²) in [6.07, 6.45) is 0. The standard InChI is InChI=1S/C11H13BrO3/c1-4-15-11-9(12)5-8(7(2)13)6-10(11)14-3/h5-6H,4H2,1-3H3. The van der Waals surface area contributed by atoms with Crippen molar-refractivity contribution >= 4 is 21.7 Å². The summed E-state index contributed by atoms with van der Waals surface area (Å²) in [6, 6.07) is 3.41. The Morgan fingerprint density at radius 2 is 2.13 bits per heavy atom. The molecule has 0 aliphatic heterocycles. The second-order valence-electron chi connectivity index (χ2n) is 2.98. The first-order chi connectivity index (χ1) is 7.10. The maximum Gasteiger partial charge on any atom is 0.175 e. The molecule has 0 amide bonds. The van der Waals surface area contributed by atoms with Crippen molar-refractivity contribution in [2.75, 3.05) is 13.7 Å². The predicted octanol–water partition coefficient (Wildman–Crippen LogP) is 3.06. The van der Waals surface area contributed by atoms with Gasteiger partial charge in [0.25, 0.3) is 0 Å². The summed E-state index contributed by atoms with van der Waals surface area (Å²) < 4.78 is 11.3. The maximum absolute atomic E-state index is 11.2. The third-order valence-electron chi connectivity index (χ3n) is 1.92. The molecule has 0 aromatic heterocycles. The van der Waals surface area contributed by atoms with Crippen molar-refractivity contribution in [2.24, 2.45) is 0 Å². The van der Waals surface area contributed by atoms with Crippen LogP contribution in [0.25, 0.3) is 0 Å². The highest BCUT2D eigenvalue weighted by molar-refractivity contribution is 9.10. The molecule has 15 heavy (non-hydrogen) atoms. The largest absolute Gasteiger partial charge is 0.493 e. The monoisotopic (exact) mass is 272 g/mol. The molecule has 0 spiro atoms. The van der Waals surface area contributed by atoms with E-state index in [-0.39, 0.29) is 5.78 Å².